The molecular formula is C14H19N3O. The Bertz CT molecular complexity index is 514. The summed E-state index contributed by atoms with van der Waals surface area (Å²) in [6.07, 6.45) is 0. The van der Waals surface area contributed by atoms with Crippen molar-refractivity contribution in [2.24, 2.45) is 12.8 Å². The fourth-order valence-corrected chi connectivity index (χ4v) is 1.82. The van der Waals surface area contributed by atoms with E-state index in [-0.39, 0.29) is 6.04 Å². The van der Waals surface area contributed by atoms with E-state index in [2.05, 4.69) is 5.10 Å². The van der Waals surface area contributed by atoms with Gasteiger partial charge in [-0.15, -0.1) is 0 Å². The monoisotopic (exact) mass is 245 g/mol. The molecule has 18 heavy (non-hydrogen) atoms. The zero-order chi connectivity index (χ0) is 13.1. The van der Waals surface area contributed by atoms with Gasteiger partial charge in [0.05, 0.1) is 11.4 Å². The number of nitrogens with two attached hydrogens (primary N) is 1. The van der Waals surface area contributed by atoms with E-state index in [1.165, 1.54) is 0 Å². The summed E-state index contributed by atoms with van der Waals surface area (Å²) in [4.78, 5) is 0. The Morgan fingerprint density at radius 3 is 2.50 bits per heavy atom. The molecule has 1 aromatic heterocycles. The number of benzene rings is 1. The van der Waals surface area contributed by atoms with Crippen LogP contribution >= 0.6 is 0 Å². The molecule has 0 radical (unpaired) electrons. The van der Waals surface area contributed by atoms with Crippen molar-refractivity contribution in [1.82, 2.24) is 9.78 Å². The minimum atomic E-state index is 0.0544. The Morgan fingerprint density at radius 1 is 1.33 bits per heavy atom. The first-order valence-corrected chi connectivity index (χ1v) is 6.04. The first-order chi connectivity index (χ1) is 8.56. The number of hydrogen-bond donors (Lipinski definition) is 1. The maximum Gasteiger partial charge on any atom is 0.130 e. The molecule has 96 valence electrons. The summed E-state index contributed by atoms with van der Waals surface area (Å²) >= 11 is 0. The second-order valence-corrected chi connectivity index (χ2v) is 4.55. The van der Waals surface area contributed by atoms with Gasteiger partial charge in [0.15, 0.2) is 0 Å². The van der Waals surface area contributed by atoms with E-state index in [1.54, 1.807) is 0 Å². The van der Waals surface area contributed by atoms with Gasteiger partial charge >= 0.3 is 0 Å². The predicted octanol–water partition coefficient (Wildman–Crippen LogP) is 2.33. The van der Waals surface area contributed by atoms with Crippen molar-refractivity contribution in [3.63, 3.8) is 0 Å². The Morgan fingerprint density at radius 2 is 2.00 bits per heavy atom. The third-order valence-corrected chi connectivity index (χ3v) is 2.89. The lowest BCUT2D eigenvalue weighted by atomic mass is 10.1. The SMILES string of the molecule is Cc1cc(COc2ccc(C(C)N)cc2)n(C)n1. The summed E-state index contributed by atoms with van der Waals surface area (Å²) < 4.78 is 7.56. The zero-order valence-corrected chi connectivity index (χ0v) is 11.1. The highest BCUT2D eigenvalue weighted by Gasteiger charge is 2.04. The van der Waals surface area contributed by atoms with Gasteiger partial charge in [0, 0.05) is 13.1 Å². The summed E-state index contributed by atoms with van der Waals surface area (Å²) in [6, 6.07) is 9.96. The molecule has 0 aliphatic heterocycles. The number of nitrogens with zero attached hydrogens (tertiary/aromatic N) is 2. The molecule has 1 heterocycles. The lowest BCUT2D eigenvalue weighted by Crippen LogP contribution is -2.05. The number of ether oxygens (including phenoxy) is 1. The Labute approximate surface area is 107 Å². The fraction of sp³-hybridized carbons (Fsp3) is 0.357. The lowest BCUT2D eigenvalue weighted by Gasteiger charge is -2.09. The second kappa shape index (κ2) is 5.23. The van der Waals surface area contributed by atoms with Crippen LogP contribution in [0.2, 0.25) is 0 Å². The standard InChI is InChI=1S/C14H19N3O/c1-10-8-13(17(3)16-10)9-18-14-6-4-12(5-7-14)11(2)15/h4-8,11H,9,15H2,1-3H3. The van der Waals surface area contributed by atoms with E-state index in [9.17, 15) is 0 Å². The normalized spacial score (nSPS) is 12.4. The highest BCUT2D eigenvalue weighted by atomic mass is 16.5. The average molecular weight is 245 g/mol. The molecule has 0 bridgehead atoms. The molecule has 4 nitrogen and oxygen atoms in total. The minimum Gasteiger partial charge on any atom is -0.487 e. The number of hydrogen-bond acceptors (Lipinski definition) is 3. The van der Waals surface area contributed by atoms with Crippen LogP contribution in [0.3, 0.4) is 0 Å². The Balaban J connectivity index is 2.00. The summed E-state index contributed by atoms with van der Waals surface area (Å²) in [7, 11) is 1.92. The van der Waals surface area contributed by atoms with Crippen molar-refractivity contribution in [3.8, 4) is 5.75 Å². The maximum absolute atomic E-state index is 5.80. The lowest BCUT2D eigenvalue weighted by molar-refractivity contribution is 0.295. The molecule has 1 atom stereocenters. The van der Waals surface area contributed by atoms with Crippen molar-refractivity contribution in [3.05, 3.63) is 47.3 Å². The molecule has 2 aromatic rings. The minimum absolute atomic E-state index is 0.0544. The summed E-state index contributed by atoms with van der Waals surface area (Å²) in [6.45, 7) is 4.46. The summed E-state index contributed by atoms with van der Waals surface area (Å²) in [5.41, 5.74) is 8.97. The third kappa shape index (κ3) is 2.90. The highest BCUT2D eigenvalue weighted by molar-refractivity contribution is 5.28. The first kappa shape index (κ1) is 12.6. The van der Waals surface area contributed by atoms with Crippen LogP contribution in [0.4, 0.5) is 0 Å². The van der Waals surface area contributed by atoms with Crippen molar-refractivity contribution in [1.29, 1.82) is 0 Å². The summed E-state index contributed by atoms with van der Waals surface area (Å²) in [5, 5.41) is 4.28. The van der Waals surface area contributed by atoms with Gasteiger partial charge in [0.1, 0.15) is 12.4 Å². The van der Waals surface area contributed by atoms with E-state index in [0.29, 0.717) is 6.61 Å². The fourth-order valence-electron chi connectivity index (χ4n) is 1.82. The smallest absolute Gasteiger partial charge is 0.130 e. The van der Waals surface area contributed by atoms with Crippen molar-refractivity contribution < 1.29 is 4.74 Å². The van der Waals surface area contributed by atoms with Crippen LogP contribution < -0.4 is 10.5 Å². The largest absolute Gasteiger partial charge is 0.487 e. The highest BCUT2D eigenvalue weighted by Crippen LogP contribution is 2.17. The molecule has 1 unspecified atom stereocenters. The average Bonchev–Trinajstić information content (AvgIpc) is 2.66. The summed E-state index contributed by atoms with van der Waals surface area (Å²) in [5.74, 6) is 0.846. The molecule has 0 amide bonds. The van der Waals surface area contributed by atoms with E-state index >= 15 is 0 Å². The van der Waals surface area contributed by atoms with E-state index in [1.807, 2.05) is 55.9 Å². The van der Waals surface area contributed by atoms with Gasteiger partial charge in [0.25, 0.3) is 0 Å². The molecule has 0 aliphatic rings. The van der Waals surface area contributed by atoms with Crippen molar-refractivity contribution in [2.45, 2.75) is 26.5 Å². The Hall–Kier alpha value is -1.81. The molecule has 0 spiro atoms. The van der Waals surface area contributed by atoms with Gasteiger partial charge in [-0.2, -0.15) is 5.10 Å². The van der Waals surface area contributed by atoms with Gasteiger partial charge in [0.2, 0.25) is 0 Å². The molecule has 4 heteroatoms. The van der Waals surface area contributed by atoms with E-state index in [0.717, 1.165) is 22.7 Å². The second-order valence-electron chi connectivity index (χ2n) is 4.55. The molecule has 0 aliphatic carbocycles. The van der Waals surface area contributed by atoms with Crippen molar-refractivity contribution >= 4 is 0 Å². The molecule has 2 rings (SSSR count). The van der Waals surface area contributed by atoms with Crippen LogP contribution in [-0.2, 0) is 13.7 Å². The van der Waals surface area contributed by atoms with Crippen LogP contribution in [-0.4, -0.2) is 9.78 Å². The van der Waals surface area contributed by atoms with E-state index in [4.69, 9.17) is 10.5 Å². The van der Waals surface area contributed by atoms with Crippen LogP contribution in [0.25, 0.3) is 0 Å². The molecular weight excluding hydrogens is 226 g/mol. The van der Waals surface area contributed by atoms with Gasteiger partial charge in [-0.3, -0.25) is 4.68 Å². The van der Waals surface area contributed by atoms with Crippen LogP contribution in [0.1, 0.15) is 29.9 Å². The van der Waals surface area contributed by atoms with Gasteiger partial charge in [-0.1, -0.05) is 12.1 Å². The molecule has 1 aromatic carbocycles. The van der Waals surface area contributed by atoms with Crippen LogP contribution in [0, 0.1) is 6.92 Å². The maximum atomic E-state index is 5.80. The van der Waals surface area contributed by atoms with E-state index < -0.39 is 0 Å². The number of aromatic nitrogens is 2. The Kier molecular flexibility index (Phi) is 3.67. The number of rotatable bonds is 4. The van der Waals surface area contributed by atoms with Gasteiger partial charge in [-0.25, -0.2) is 0 Å². The van der Waals surface area contributed by atoms with Crippen LogP contribution in [0.15, 0.2) is 30.3 Å². The van der Waals surface area contributed by atoms with Gasteiger partial charge < -0.3 is 10.5 Å². The third-order valence-electron chi connectivity index (χ3n) is 2.89. The number of aryl methyl sites for hydroxylation is 2. The predicted molar refractivity (Wildman–Crippen MR) is 71.3 cm³/mol. The quantitative estimate of drug-likeness (QED) is 0.899. The van der Waals surface area contributed by atoms with Gasteiger partial charge in [-0.05, 0) is 37.6 Å². The molecule has 0 saturated heterocycles. The first-order valence-electron chi connectivity index (χ1n) is 6.04. The van der Waals surface area contributed by atoms with Crippen molar-refractivity contribution in [2.75, 3.05) is 0 Å². The van der Waals surface area contributed by atoms with Crippen LogP contribution in [0.5, 0.6) is 5.75 Å². The zero-order valence-electron chi connectivity index (χ0n) is 11.1. The molecule has 0 fully saturated rings. The topological polar surface area (TPSA) is 53.1 Å². The molecule has 2 N–H and O–H groups in total. The molecule has 0 saturated carbocycles.